The van der Waals surface area contributed by atoms with Crippen molar-refractivity contribution in [2.45, 2.75) is 18.9 Å². The minimum Gasteiger partial charge on any atom is -0.467 e. The summed E-state index contributed by atoms with van der Waals surface area (Å²) >= 11 is 0. The fourth-order valence-corrected chi connectivity index (χ4v) is 1.42. The molecular weight excluding hydrogens is 234 g/mol. The van der Waals surface area contributed by atoms with Crippen molar-refractivity contribution in [2.24, 2.45) is 0 Å². The molecule has 1 aromatic carbocycles. The summed E-state index contributed by atoms with van der Waals surface area (Å²) in [5.41, 5.74) is 1.07. The van der Waals surface area contributed by atoms with Gasteiger partial charge in [0.05, 0.1) is 13.7 Å². The third kappa shape index (κ3) is 4.97. The van der Waals surface area contributed by atoms with Crippen molar-refractivity contribution in [1.82, 2.24) is 5.32 Å². The van der Waals surface area contributed by atoms with Crippen molar-refractivity contribution in [3.8, 4) is 0 Å². The van der Waals surface area contributed by atoms with Gasteiger partial charge in [-0.3, -0.25) is 4.79 Å². The van der Waals surface area contributed by atoms with E-state index in [0.29, 0.717) is 12.8 Å². The highest BCUT2D eigenvalue weighted by Crippen LogP contribution is 2.02. The molecule has 1 atom stereocenters. The first-order valence-corrected chi connectivity index (χ1v) is 5.70. The maximum Gasteiger partial charge on any atom is 0.336 e. The Morgan fingerprint density at radius 1 is 1.33 bits per heavy atom. The quantitative estimate of drug-likeness (QED) is 0.712. The number of aliphatic hydroxyl groups is 1. The first kappa shape index (κ1) is 14.2. The molecular formula is C13H17NO4. The molecule has 0 saturated carbocycles. The van der Waals surface area contributed by atoms with Gasteiger partial charge in [-0.2, -0.15) is 0 Å². The van der Waals surface area contributed by atoms with Gasteiger partial charge in [0.25, 0.3) is 0 Å². The van der Waals surface area contributed by atoms with Crippen molar-refractivity contribution in [2.75, 3.05) is 13.7 Å². The number of carbonyl (C=O) groups is 2. The van der Waals surface area contributed by atoms with E-state index in [1.165, 1.54) is 7.11 Å². The average molecular weight is 251 g/mol. The smallest absolute Gasteiger partial charge is 0.336 e. The van der Waals surface area contributed by atoms with Crippen LogP contribution in [0.15, 0.2) is 30.3 Å². The molecule has 0 fully saturated rings. The summed E-state index contributed by atoms with van der Waals surface area (Å²) < 4.78 is 4.33. The second kappa shape index (κ2) is 7.45. The van der Waals surface area contributed by atoms with Crippen LogP contribution < -0.4 is 5.32 Å². The van der Waals surface area contributed by atoms with E-state index in [0.717, 1.165) is 5.56 Å². The monoisotopic (exact) mass is 251 g/mol. The van der Waals surface area contributed by atoms with Crippen LogP contribution in [0.1, 0.15) is 12.0 Å². The molecule has 0 heterocycles. The average Bonchev–Trinajstić information content (AvgIpc) is 2.42. The number of hydrogen-bond acceptors (Lipinski definition) is 4. The summed E-state index contributed by atoms with van der Waals surface area (Å²) in [6.07, 6.45) is -0.366. The Morgan fingerprint density at radius 3 is 2.61 bits per heavy atom. The number of benzene rings is 1. The lowest BCUT2D eigenvalue weighted by Crippen LogP contribution is -2.37. The summed E-state index contributed by atoms with van der Waals surface area (Å²) in [5, 5.41) is 11.7. The van der Waals surface area contributed by atoms with Gasteiger partial charge in [0.1, 0.15) is 0 Å². The van der Waals surface area contributed by atoms with E-state index in [4.69, 9.17) is 0 Å². The van der Waals surface area contributed by atoms with Crippen LogP contribution >= 0.6 is 0 Å². The molecule has 2 N–H and O–H groups in total. The number of esters is 1. The maximum absolute atomic E-state index is 11.5. The van der Waals surface area contributed by atoms with Crippen LogP contribution in [-0.2, 0) is 20.7 Å². The third-order valence-electron chi connectivity index (χ3n) is 2.45. The largest absolute Gasteiger partial charge is 0.467 e. The zero-order valence-electron chi connectivity index (χ0n) is 10.3. The first-order valence-electron chi connectivity index (χ1n) is 5.70. The first-order chi connectivity index (χ1) is 8.63. The molecule has 0 bridgehead atoms. The van der Waals surface area contributed by atoms with Gasteiger partial charge in [0.15, 0.2) is 6.10 Å². The Labute approximate surface area is 106 Å². The fraction of sp³-hybridized carbons (Fsp3) is 0.385. The molecule has 18 heavy (non-hydrogen) atoms. The number of ether oxygens (including phenoxy) is 1. The number of nitrogens with one attached hydrogen (secondary N) is 1. The van der Waals surface area contributed by atoms with Gasteiger partial charge in [-0.15, -0.1) is 0 Å². The fourth-order valence-electron chi connectivity index (χ4n) is 1.42. The Kier molecular flexibility index (Phi) is 5.87. The van der Waals surface area contributed by atoms with Gasteiger partial charge in [-0.1, -0.05) is 30.3 Å². The summed E-state index contributed by atoms with van der Waals surface area (Å²) in [6.45, 7) is -0.125. The second-order valence-electron chi connectivity index (χ2n) is 3.83. The predicted octanol–water partition coefficient (Wildman–Crippen LogP) is 0.269. The summed E-state index contributed by atoms with van der Waals surface area (Å²) in [7, 11) is 1.18. The normalized spacial score (nSPS) is 11.7. The molecule has 0 aliphatic heterocycles. The second-order valence-corrected chi connectivity index (χ2v) is 3.83. The molecule has 0 aliphatic carbocycles. The number of hydrogen-bond donors (Lipinski definition) is 2. The molecule has 1 rings (SSSR count). The molecule has 0 spiro atoms. The lowest BCUT2D eigenvalue weighted by atomic mass is 10.1. The van der Waals surface area contributed by atoms with Gasteiger partial charge < -0.3 is 15.2 Å². The molecule has 5 heteroatoms. The molecule has 0 aromatic heterocycles. The van der Waals surface area contributed by atoms with Crippen LogP contribution in [0.2, 0.25) is 0 Å². The SMILES string of the molecule is COC(=O)C(O)CNC(=O)CCc1ccccc1. The minimum absolute atomic E-state index is 0.125. The predicted molar refractivity (Wildman–Crippen MR) is 65.8 cm³/mol. The van der Waals surface area contributed by atoms with Crippen LogP contribution in [0.25, 0.3) is 0 Å². The summed E-state index contributed by atoms with van der Waals surface area (Å²) in [6, 6.07) is 9.62. The van der Waals surface area contributed by atoms with Crippen molar-refractivity contribution < 1.29 is 19.4 Å². The lowest BCUT2D eigenvalue weighted by molar-refractivity contribution is -0.150. The standard InChI is InChI=1S/C13H17NO4/c1-18-13(17)11(15)9-14-12(16)8-7-10-5-3-2-4-6-10/h2-6,11,15H,7-9H2,1H3,(H,14,16). The molecule has 0 saturated heterocycles. The number of aryl methyl sites for hydroxylation is 1. The Bertz CT molecular complexity index is 391. The summed E-state index contributed by atoms with van der Waals surface area (Å²) in [4.78, 5) is 22.3. The molecule has 1 unspecified atom stereocenters. The van der Waals surface area contributed by atoms with Gasteiger partial charge in [0, 0.05) is 6.42 Å². The topological polar surface area (TPSA) is 75.6 Å². The minimum atomic E-state index is -1.31. The number of carbonyl (C=O) groups excluding carboxylic acids is 2. The van der Waals surface area contributed by atoms with Crippen molar-refractivity contribution >= 4 is 11.9 Å². The maximum atomic E-state index is 11.5. The van der Waals surface area contributed by atoms with Gasteiger partial charge in [-0.25, -0.2) is 4.79 Å². The van der Waals surface area contributed by atoms with Crippen molar-refractivity contribution in [1.29, 1.82) is 0 Å². The van der Waals surface area contributed by atoms with Crippen LogP contribution in [0.4, 0.5) is 0 Å². The van der Waals surface area contributed by atoms with E-state index in [2.05, 4.69) is 10.1 Å². The number of amides is 1. The molecule has 5 nitrogen and oxygen atoms in total. The zero-order chi connectivity index (χ0) is 13.4. The van der Waals surface area contributed by atoms with Gasteiger partial charge in [-0.05, 0) is 12.0 Å². The van der Waals surface area contributed by atoms with Crippen LogP contribution in [0.5, 0.6) is 0 Å². The highest BCUT2D eigenvalue weighted by Gasteiger charge is 2.15. The summed E-state index contributed by atoms with van der Waals surface area (Å²) in [5.74, 6) is -0.958. The van der Waals surface area contributed by atoms with E-state index in [-0.39, 0.29) is 12.5 Å². The van der Waals surface area contributed by atoms with Crippen LogP contribution in [0.3, 0.4) is 0 Å². The third-order valence-corrected chi connectivity index (χ3v) is 2.45. The van der Waals surface area contributed by atoms with Gasteiger partial charge in [0.2, 0.25) is 5.91 Å². The molecule has 0 aliphatic rings. The highest BCUT2D eigenvalue weighted by molar-refractivity contribution is 5.78. The van der Waals surface area contributed by atoms with Crippen LogP contribution in [-0.4, -0.2) is 36.7 Å². The van der Waals surface area contributed by atoms with E-state index in [1.54, 1.807) is 0 Å². The number of rotatable bonds is 6. The van der Waals surface area contributed by atoms with E-state index >= 15 is 0 Å². The van der Waals surface area contributed by atoms with E-state index in [9.17, 15) is 14.7 Å². The molecule has 1 aromatic rings. The van der Waals surface area contributed by atoms with Crippen LogP contribution in [0, 0.1) is 0 Å². The van der Waals surface area contributed by atoms with E-state index in [1.807, 2.05) is 30.3 Å². The van der Waals surface area contributed by atoms with Crippen molar-refractivity contribution in [3.63, 3.8) is 0 Å². The Morgan fingerprint density at radius 2 is 2.00 bits per heavy atom. The number of methoxy groups -OCH3 is 1. The lowest BCUT2D eigenvalue weighted by Gasteiger charge is -2.09. The van der Waals surface area contributed by atoms with Crippen molar-refractivity contribution in [3.05, 3.63) is 35.9 Å². The Hall–Kier alpha value is -1.88. The molecule has 98 valence electrons. The highest BCUT2D eigenvalue weighted by atomic mass is 16.5. The molecule has 0 radical (unpaired) electrons. The number of aliphatic hydroxyl groups excluding tert-OH is 1. The Balaban J connectivity index is 2.24. The zero-order valence-corrected chi connectivity index (χ0v) is 10.3. The van der Waals surface area contributed by atoms with E-state index < -0.39 is 12.1 Å². The molecule has 1 amide bonds. The van der Waals surface area contributed by atoms with Gasteiger partial charge >= 0.3 is 5.97 Å².